The minimum atomic E-state index is -0.0405. The molecule has 7 rings (SSSR count). The van der Waals surface area contributed by atoms with Gasteiger partial charge in [-0.05, 0) is 69.7 Å². The molecule has 1 aliphatic carbocycles. The number of aryl methyl sites for hydroxylation is 1. The smallest absolute Gasteiger partial charge is 0.254 e. The molecule has 11 heteroatoms. The highest BCUT2D eigenvalue weighted by Crippen LogP contribution is 2.37. The maximum atomic E-state index is 13.4. The fourth-order valence-corrected chi connectivity index (χ4v) is 6.04. The van der Waals surface area contributed by atoms with E-state index in [1.54, 1.807) is 13.3 Å². The lowest BCUT2D eigenvalue weighted by molar-refractivity contribution is 0.0708. The molecule has 2 aliphatic rings. The number of imidazole rings is 1. The standard InChI is InChI=1S/C30H35N9O2/c1-18(38-12-10-32-35-38)24-9-8-21-13-25(37(29(21)33-24)16-20-6-7-20)28-19(2)39-26(34-28)14-22(15-27(39)41-3)30(40)36-11-4-5-23(31)17-36/h8-10,12-15,18,20,23H,4-7,11,16-17,31H2,1-3H3/t18?,23-/m1/s1. The van der Waals surface area contributed by atoms with Crippen molar-refractivity contribution in [1.29, 1.82) is 0 Å². The van der Waals surface area contributed by atoms with Crippen LogP contribution < -0.4 is 10.5 Å². The number of likely N-dealkylation sites (tertiary alicyclic amines) is 1. The SMILES string of the molecule is COc1cc(C(=O)N2CCC[C@@H](N)C2)cc2nc(-c3cc4ccc(C(C)n5ccnn5)nc4n3CC3CC3)c(C)n12. The first-order valence-electron chi connectivity index (χ1n) is 14.4. The van der Waals surface area contributed by atoms with Crippen molar-refractivity contribution in [2.45, 2.75) is 58.2 Å². The molecule has 1 amide bonds. The van der Waals surface area contributed by atoms with Gasteiger partial charge in [-0.3, -0.25) is 9.20 Å². The third-order valence-electron chi connectivity index (χ3n) is 8.53. The molecule has 2 N–H and O–H groups in total. The second kappa shape index (κ2) is 9.99. The Hall–Kier alpha value is -4.25. The summed E-state index contributed by atoms with van der Waals surface area (Å²) in [5.74, 6) is 1.18. The number of piperidine rings is 1. The van der Waals surface area contributed by atoms with E-state index in [1.807, 2.05) is 39.2 Å². The summed E-state index contributed by atoms with van der Waals surface area (Å²) in [7, 11) is 1.63. The summed E-state index contributed by atoms with van der Waals surface area (Å²) in [5, 5.41) is 9.20. The van der Waals surface area contributed by atoms with Gasteiger partial charge in [0.2, 0.25) is 0 Å². The molecular formula is C30H35N9O2. The van der Waals surface area contributed by atoms with E-state index < -0.39 is 0 Å². The van der Waals surface area contributed by atoms with Gasteiger partial charge in [0.25, 0.3) is 5.91 Å². The fraction of sp³-hybridized carbons (Fsp3) is 0.433. The van der Waals surface area contributed by atoms with E-state index in [0.29, 0.717) is 36.1 Å². The summed E-state index contributed by atoms with van der Waals surface area (Å²) < 4.78 is 11.9. The maximum Gasteiger partial charge on any atom is 0.254 e. The van der Waals surface area contributed by atoms with Crippen molar-refractivity contribution in [1.82, 2.24) is 38.8 Å². The van der Waals surface area contributed by atoms with E-state index >= 15 is 0 Å². The highest BCUT2D eigenvalue weighted by atomic mass is 16.5. The topological polar surface area (TPSA) is 121 Å². The molecule has 1 aliphatic heterocycles. The van der Waals surface area contributed by atoms with Crippen LogP contribution in [0.4, 0.5) is 0 Å². The largest absolute Gasteiger partial charge is 0.482 e. The zero-order valence-corrected chi connectivity index (χ0v) is 23.7. The van der Waals surface area contributed by atoms with Crippen molar-refractivity contribution < 1.29 is 9.53 Å². The number of amides is 1. The number of aromatic nitrogens is 7. The summed E-state index contributed by atoms with van der Waals surface area (Å²) in [6.45, 7) is 6.29. The Kier molecular flexibility index (Phi) is 6.26. The number of ether oxygens (including phenoxy) is 1. The monoisotopic (exact) mass is 553 g/mol. The van der Waals surface area contributed by atoms with Crippen LogP contribution in [0.1, 0.15) is 60.4 Å². The van der Waals surface area contributed by atoms with E-state index in [4.69, 9.17) is 20.4 Å². The molecule has 2 fully saturated rings. The number of nitrogens with two attached hydrogens (primary N) is 1. The minimum Gasteiger partial charge on any atom is -0.482 e. The molecule has 0 bridgehead atoms. The highest BCUT2D eigenvalue weighted by Gasteiger charge is 2.28. The van der Waals surface area contributed by atoms with Crippen molar-refractivity contribution >= 4 is 22.6 Å². The second-order valence-electron chi connectivity index (χ2n) is 11.5. The number of carbonyl (C=O) groups is 1. The number of methoxy groups -OCH3 is 1. The molecule has 0 spiro atoms. The van der Waals surface area contributed by atoms with Crippen LogP contribution in [0, 0.1) is 12.8 Å². The quantitative estimate of drug-likeness (QED) is 0.325. The first-order valence-corrected chi connectivity index (χ1v) is 14.4. The van der Waals surface area contributed by atoms with Crippen LogP contribution in [0.5, 0.6) is 5.88 Å². The zero-order chi connectivity index (χ0) is 28.2. The van der Waals surface area contributed by atoms with E-state index in [0.717, 1.165) is 53.2 Å². The number of fused-ring (bicyclic) bond motifs is 2. The van der Waals surface area contributed by atoms with Gasteiger partial charge < -0.3 is 19.9 Å². The molecular weight excluding hydrogens is 518 g/mol. The lowest BCUT2D eigenvalue weighted by Crippen LogP contribution is -2.45. The van der Waals surface area contributed by atoms with Gasteiger partial charge in [0.1, 0.15) is 17.0 Å². The van der Waals surface area contributed by atoms with Crippen molar-refractivity contribution in [2.75, 3.05) is 20.2 Å². The number of hydrogen-bond acceptors (Lipinski definition) is 7. The minimum absolute atomic E-state index is 0.0142. The van der Waals surface area contributed by atoms with Crippen LogP contribution in [-0.2, 0) is 6.54 Å². The van der Waals surface area contributed by atoms with Gasteiger partial charge in [0.15, 0.2) is 5.88 Å². The average Bonchev–Trinajstić information content (AvgIpc) is 3.35. The molecule has 0 radical (unpaired) electrons. The summed E-state index contributed by atoms with van der Waals surface area (Å²) in [5.41, 5.74) is 12.1. The van der Waals surface area contributed by atoms with Gasteiger partial charge >= 0.3 is 0 Å². The molecule has 212 valence electrons. The predicted octanol–water partition coefficient (Wildman–Crippen LogP) is 3.84. The van der Waals surface area contributed by atoms with Gasteiger partial charge in [-0.15, -0.1) is 5.10 Å². The van der Waals surface area contributed by atoms with E-state index in [1.165, 1.54) is 12.8 Å². The van der Waals surface area contributed by atoms with Crippen molar-refractivity contribution in [3.8, 4) is 17.3 Å². The molecule has 41 heavy (non-hydrogen) atoms. The Labute approximate surface area is 237 Å². The van der Waals surface area contributed by atoms with Crippen LogP contribution in [0.15, 0.2) is 42.7 Å². The van der Waals surface area contributed by atoms with Gasteiger partial charge in [0, 0.05) is 48.9 Å². The predicted molar refractivity (Wildman–Crippen MR) is 155 cm³/mol. The Morgan fingerprint density at radius 1 is 1.17 bits per heavy atom. The number of hydrogen-bond donors (Lipinski definition) is 1. The molecule has 1 saturated carbocycles. The van der Waals surface area contributed by atoms with E-state index in [9.17, 15) is 4.79 Å². The number of carbonyl (C=O) groups excluding carboxylic acids is 1. The van der Waals surface area contributed by atoms with Gasteiger partial charge in [-0.25, -0.2) is 14.6 Å². The van der Waals surface area contributed by atoms with Crippen molar-refractivity contribution in [3.05, 3.63) is 59.7 Å². The Morgan fingerprint density at radius 2 is 2.02 bits per heavy atom. The van der Waals surface area contributed by atoms with Crippen molar-refractivity contribution in [2.24, 2.45) is 11.7 Å². The zero-order valence-electron chi connectivity index (χ0n) is 23.7. The van der Waals surface area contributed by atoms with Crippen LogP contribution in [0.2, 0.25) is 0 Å². The molecule has 5 aromatic rings. The highest BCUT2D eigenvalue weighted by molar-refractivity contribution is 5.96. The lowest BCUT2D eigenvalue weighted by Gasteiger charge is -2.30. The number of rotatable bonds is 7. The van der Waals surface area contributed by atoms with Gasteiger partial charge in [0.05, 0.1) is 36.4 Å². The van der Waals surface area contributed by atoms with Gasteiger partial charge in [-0.1, -0.05) is 5.21 Å². The Bertz CT molecular complexity index is 1750. The normalized spacial score (nSPS) is 18.3. The third kappa shape index (κ3) is 4.54. The van der Waals surface area contributed by atoms with Gasteiger partial charge in [-0.2, -0.15) is 0 Å². The first-order chi connectivity index (χ1) is 19.9. The van der Waals surface area contributed by atoms with Crippen LogP contribution in [0.25, 0.3) is 28.1 Å². The summed E-state index contributed by atoms with van der Waals surface area (Å²) in [4.78, 5) is 25.5. The third-order valence-corrected chi connectivity index (χ3v) is 8.53. The molecule has 2 atom stereocenters. The lowest BCUT2D eigenvalue weighted by atomic mass is 10.1. The van der Waals surface area contributed by atoms with Crippen LogP contribution in [0.3, 0.4) is 0 Å². The summed E-state index contributed by atoms with van der Waals surface area (Å²) in [6, 6.07) is 10.0. The van der Waals surface area contributed by atoms with Crippen LogP contribution >= 0.6 is 0 Å². The number of nitrogens with zero attached hydrogens (tertiary/aromatic N) is 8. The fourth-order valence-electron chi connectivity index (χ4n) is 6.04. The molecule has 1 unspecified atom stereocenters. The van der Waals surface area contributed by atoms with E-state index in [2.05, 4.69) is 40.0 Å². The maximum absolute atomic E-state index is 13.4. The molecule has 5 aromatic heterocycles. The van der Waals surface area contributed by atoms with Crippen LogP contribution in [-0.4, -0.2) is 71.0 Å². The second-order valence-corrected chi connectivity index (χ2v) is 11.5. The average molecular weight is 554 g/mol. The molecule has 11 nitrogen and oxygen atoms in total. The van der Waals surface area contributed by atoms with E-state index in [-0.39, 0.29) is 18.0 Å². The summed E-state index contributed by atoms with van der Waals surface area (Å²) in [6.07, 6.45) is 7.84. The Morgan fingerprint density at radius 3 is 2.76 bits per heavy atom. The molecule has 6 heterocycles. The Balaban J connectivity index is 1.33. The molecule has 1 saturated heterocycles. The van der Waals surface area contributed by atoms with Crippen molar-refractivity contribution in [3.63, 3.8) is 0 Å². The number of pyridine rings is 2. The molecule has 0 aromatic carbocycles. The first kappa shape index (κ1) is 25.7. The summed E-state index contributed by atoms with van der Waals surface area (Å²) >= 11 is 0.